The SMILES string of the molecule is CCc1c(C)nn(CC(CO)(NC2CC2)C2CC2)c1C. The number of aliphatic hydroxyl groups excluding tert-OH is 1. The van der Waals surface area contributed by atoms with E-state index in [1.165, 1.54) is 36.9 Å². The molecule has 20 heavy (non-hydrogen) atoms. The van der Waals surface area contributed by atoms with E-state index in [1.807, 2.05) is 0 Å². The van der Waals surface area contributed by atoms with Crippen LogP contribution in [0.4, 0.5) is 0 Å². The molecule has 0 amide bonds. The largest absolute Gasteiger partial charge is 0.394 e. The van der Waals surface area contributed by atoms with Gasteiger partial charge in [-0.2, -0.15) is 5.10 Å². The standard InChI is InChI=1S/C16H27N3O/c1-4-15-11(2)18-19(12(15)3)9-16(10-20,13-5-6-13)17-14-7-8-14/h13-14,17,20H,4-10H2,1-3H3. The molecule has 1 atom stereocenters. The van der Waals surface area contributed by atoms with Crippen LogP contribution < -0.4 is 5.32 Å². The molecule has 1 unspecified atom stereocenters. The van der Waals surface area contributed by atoms with Crippen LogP contribution in [0.15, 0.2) is 0 Å². The zero-order valence-electron chi connectivity index (χ0n) is 12.9. The van der Waals surface area contributed by atoms with E-state index in [-0.39, 0.29) is 12.1 Å². The van der Waals surface area contributed by atoms with E-state index >= 15 is 0 Å². The molecule has 1 heterocycles. The molecule has 4 nitrogen and oxygen atoms in total. The lowest BCUT2D eigenvalue weighted by Gasteiger charge is -2.34. The number of aliphatic hydroxyl groups is 1. The van der Waals surface area contributed by atoms with Gasteiger partial charge in [0.05, 0.1) is 24.4 Å². The van der Waals surface area contributed by atoms with Gasteiger partial charge in [-0.1, -0.05) is 6.92 Å². The van der Waals surface area contributed by atoms with Crippen LogP contribution in [0.1, 0.15) is 49.6 Å². The lowest BCUT2D eigenvalue weighted by Crippen LogP contribution is -2.55. The molecule has 0 saturated heterocycles. The fourth-order valence-electron chi connectivity index (χ4n) is 3.45. The van der Waals surface area contributed by atoms with Crippen molar-refractivity contribution in [3.8, 4) is 0 Å². The monoisotopic (exact) mass is 277 g/mol. The highest BCUT2D eigenvalue weighted by Gasteiger charge is 2.48. The van der Waals surface area contributed by atoms with Crippen molar-refractivity contribution in [2.45, 2.75) is 71.0 Å². The molecule has 0 spiro atoms. The third-order valence-corrected chi connectivity index (χ3v) is 5.03. The fourth-order valence-corrected chi connectivity index (χ4v) is 3.45. The van der Waals surface area contributed by atoms with Gasteiger partial charge in [0.15, 0.2) is 0 Å². The summed E-state index contributed by atoms with van der Waals surface area (Å²) in [5.41, 5.74) is 3.61. The quantitative estimate of drug-likeness (QED) is 0.801. The van der Waals surface area contributed by atoms with E-state index < -0.39 is 0 Å². The van der Waals surface area contributed by atoms with Crippen molar-refractivity contribution in [1.29, 1.82) is 0 Å². The molecular weight excluding hydrogens is 250 g/mol. The summed E-state index contributed by atoms with van der Waals surface area (Å²) >= 11 is 0. The normalized spacial score (nSPS) is 22.0. The molecule has 2 saturated carbocycles. The number of nitrogens with zero attached hydrogens (tertiary/aromatic N) is 2. The first kappa shape index (κ1) is 14.1. The summed E-state index contributed by atoms with van der Waals surface area (Å²) < 4.78 is 2.12. The Labute approximate surface area is 121 Å². The third kappa shape index (κ3) is 2.51. The van der Waals surface area contributed by atoms with E-state index in [0.717, 1.165) is 18.7 Å². The minimum atomic E-state index is -0.157. The molecule has 2 aliphatic carbocycles. The van der Waals surface area contributed by atoms with Crippen LogP contribution in [0.2, 0.25) is 0 Å². The topological polar surface area (TPSA) is 50.1 Å². The molecule has 0 aliphatic heterocycles. The molecule has 1 aromatic rings. The average molecular weight is 277 g/mol. The summed E-state index contributed by atoms with van der Waals surface area (Å²) in [7, 11) is 0. The van der Waals surface area contributed by atoms with Crippen molar-refractivity contribution in [3.63, 3.8) is 0 Å². The van der Waals surface area contributed by atoms with Crippen molar-refractivity contribution >= 4 is 0 Å². The van der Waals surface area contributed by atoms with Crippen LogP contribution in [0.25, 0.3) is 0 Å². The van der Waals surface area contributed by atoms with Gasteiger partial charge in [-0.3, -0.25) is 4.68 Å². The van der Waals surface area contributed by atoms with Gasteiger partial charge in [-0.15, -0.1) is 0 Å². The zero-order valence-corrected chi connectivity index (χ0v) is 12.9. The first-order chi connectivity index (χ1) is 9.59. The lowest BCUT2D eigenvalue weighted by atomic mass is 9.93. The summed E-state index contributed by atoms with van der Waals surface area (Å²) in [6.07, 6.45) is 6.02. The second kappa shape index (κ2) is 5.15. The summed E-state index contributed by atoms with van der Waals surface area (Å²) in [4.78, 5) is 0. The Hall–Kier alpha value is -0.870. The maximum Gasteiger partial charge on any atom is 0.0643 e. The van der Waals surface area contributed by atoms with Crippen molar-refractivity contribution in [1.82, 2.24) is 15.1 Å². The second-order valence-electron chi connectivity index (χ2n) is 6.67. The highest BCUT2D eigenvalue weighted by Crippen LogP contribution is 2.42. The summed E-state index contributed by atoms with van der Waals surface area (Å²) in [6, 6.07) is 0.616. The molecule has 2 N–H and O–H groups in total. The van der Waals surface area contributed by atoms with Crippen molar-refractivity contribution in [2.24, 2.45) is 5.92 Å². The van der Waals surface area contributed by atoms with Gasteiger partial charge < -0.3 is 10.4 Å². The summed E-state index contributed by atoms with van der Waals surface area (Å²) in [5, 5.41) is 18.5. The Morgan fingerprint density at radius 1 is 1.30 bits per heavy atom. The molecule has 0 aromatic carbocycles. The Morgan fingerprint density at radius 3 is 2.45 bits per heavy atom. The van der Waals surface area contributed by atoms with Gasteiger partial charge in [0, 0.05) is 11.7 Å². The molecule has 2 fully saturated rings. The Morgan fingerprint density at radius 2 is 2.00 bits per heavy atom. The Bertz CT molecular complexity index is 488. The average Bonchev–Trinajstić information content (AvgIpc) is 3.30. The minimum Gasteiger partial charge on any atom is -0.394 e. The van der Waals surface area contributed by atoms with Crippen LogP contribution in [-0.2, 0) is 13.0 Å². The smallest absolute Gasteiger partial charge is 0.0643 e. The summed E-state index contributed by atoms with van der Waals surface area (Å²) in [6.45, 7) is 7.45. The third-order valence-electron chi connectivity index (χ3n) is 5.03. The van der Waals surface area contributed by atoms with Gasteiger partial charge in [0.1, 0.15) is 0 Å². The second-order valence-corrected chi connectivity index (χ2v) is 6.67. The number of hydrogen-bond acceptors (Lipinski definition) is 3. The predicted octanol–water partition coefficient (Wildman–Crippen LogP) is 1.96. The number of rotatable bonds is 7. The number of hydrogen-bond donors (Lipinski definition) is 2. The van der Waals surface area contributed by atoms with Crippen molar-refractivity contribution in [3.05, 3.63) is 17.0 Å². The van der Waals surface area contributed by atoms with E-state index in [0.29, 0.717) is 12.0 Å². The van der Waals surface area contributed by atoms with Gasteiger partial charge in [-0.05, 0) is 57.4 Å². The van der Waals surface area contributed by atoms with E-state index in [2.05, 4.69) is 30.8 Å². The van der Waals surface area contributed by atoms with Crippen LogP contribution in [0.3, 0.4) is 0 Å². The van der Waals surface area contributed by atoms with Crippen molar-refractivity contribution in [2.75, 3.05) is 6.61 Å². The summed E-state index contributed by atoms with van der Waals surface area (Å²) in [5.74, 6) is 0.613. The van der Waals surface area contributed by atoms with Crippen LogP contribution >= 0.6 is 0 Å². The maximum absolute atomic E-state index is 10.0. The number of aromatic nitrogens is 2. The van der Waals surface area contributed by atoms with Gasteiger partial charge in [0.2, 0.25) is 0 Å². The van der Waals surface area contributed by atoms with Crippen LogP contribution in [0, 0.1) is 19.8 Å². The fraction of sp³-hybridized carbons (Fsp3) is 0.812. The highest BCUT2D eigenvalue weighted by molar-refractivity contribution is 5.24. The van der Waals surface area contributed by atoms with Gasteiger partial charge in [0.25, 0.3) is 0 Å². The van der Waals surface area contributed by atoms with Crippen molar-refractivity contribution < 1.29 is 5.11 Å². The first-order valence-electron chi connectivity index (χ1n) is 8.01. The molecule has 2 aliphatic rings. The van der Waals surface area contributed by atoms with Crippen LogP contribution in [-0.4, -0.2) is 33.1 Å². The number of nitrogens with one attached hydrogen (secondary N) is 1. The lowest BCUT2D eigenvalue weighted by molar-refractivity contribution is 0.115. The zero-order chi connectivity index (χ0) is 14.3. The van der Waals surface area contributed by atoms with Crippen LogP contribution in [0.5, 0.6) is 0 Å². The molecule has 0 bridgehead atoms. The first-order valence-corrected chi connectivity index (χ1v) is 8.01. The van der Waals surface area contributed by atoms with E-state index in [9.17, 15) is 5.11 Å². The molecule has 0 radical (unpaired) electrons. The molecule has 3 rings (SSSR count). The highest BCUT2D eigenvalue weighted by atomic mass is 16.3. The molecule has 4 heteroatoms. The van der Waals surface area contributed by atoms with E-state index in [4.69, 9.17) is 5.10 Å². The Kier molecular flexibility index (Phi) is 3.63. The van der Waals surface area contributed by atoms with Gasteiger partial charge >= 0.3 is 0 Å². The molecular formula is C16H27N3O. The minimum absolute atomic E-state index is 0.157. The molecule has 112 valence electrons. The number of aryl methyl sites for hydroxylation is 1. The van der Waals surface area contributed by atoms with Gasteiger partial charge in [-0.25, -0.2) is 0 Å². The predicted molar refractivity (Wildman–Crippen MR) is 79.8 cm³/mol. The van der Waals surface area contributed by atoms with E-state index in [1.54, 1.807) is 0 Å². The maximum atomic E-state index is 10.0. The molecule has 1 aromatic heterocycles. The Balaban J connectivity index is 1.85.